The fourth-order valence-electron chi connectivity index (χ4n) is 3.20. The van der Waals surface area contributed by atoms with Crippen LogP contribution in [0.4, 0.5) is 0 Å². The first-order chi connectivity index (χ1) is 15.5. The zero-order valence-electron chi connectivity index (χ0n) is 25.4. The van der Waals surface area contributed by atoms with Crippen LogP contribution in [0.5, 0.6) is 0 Å². The lowest BCUT2D eigenvalue weighted by Crippen LogP contribution is -2.39. The molecule has 0 amide bonds. The van der Waals surface area contributed by atoms with Gasteiger partial charge in [0.05, 0.1) is 0 Å². The molecule has 0 radical (unpaired) electrons. The van der Waals surface area contributed by atoms with Crippen LogP contribution in [0.25, 0.3) is 0 Å². The number of nitrogens with zero attached hydrogens (tertiary/aromatic N) is 3. The molecule has 0 heterocycles. The molecule has 0 saturated heterocycles. The van der Waals surface area contributed by atoms with E-state index in [0.29, 0.717) is 5.41 Å². The minimum atomic E-state index is 0.500. The van der Waals surface area contributed by atoms with Crippen LogP contribution in [0.15, 0.2) is 18.2 Å². The topological polar surface area (TPSA) is 9.72 Å². The van der Waals surface area contributed by atoms with Gasteiger partial charge in [-0.1, -0.05) is 101 Å². The molecule has 1 aromatic carbocycles. The van der Waals surface area contributed by atoms with Gasteiger partial charge in [0.1, 0.15) is 0 Å². The number of hydrogen-bond donors (Lipinski definition) is 0. The Morgan fingerprint density at radius 1 is 0.576 bits per heavy atom. The van der Waals surface area contributed by atoms with E-state index < -0.39 is 0 Å². The van der Waals surface area contributed by atoms with E-state index in [2.05, 4.69) is 102 Å². The molecule has 3 nitrogen and oxygen atoms in total. The summed E-state index contributed by atoms with van der Waals surface area (Å²) in [5, 5.41) is 0. The first-order valence-corrected chi connectivity index (χ1v) is 13.8. The van der Waals surface area contributed by atoms with E-state index in [9.17, 15) is 0 Å². The summed E-state index contributed by atoms with van der Waals surface area (Å²) >= 11 is 0. The Morgan fingerprint density at radius 3 is 1.21 bits per heavy atom. The predicted molar refractivity (Wildman–Crippen MR) is 155 cm³/mol. The lowest BCUT2D eigenvalue weighted by Gasteiger charge is -2.29. The predicted octanol–water partition coefficient (Wildman–Crippen LogP) is 7.89. The van der Waals surface area contributed by atoms with Crippen molar-refractivity contribution in [3.05, 3.63) is 34.9 Å². The molecule has 0 fully saturated rings. The second kappa shape index (κ2) is 22.9. The zero-order valence-corrected chi connectivity index (χ0v) is 25.4. The third-order valence-corrected chi connectivity index (χ3v) is 5.28. The zero-order chi connectivity index (χ0) is 26.4. The molecule has 198 valence electrons. The number of hydrogen-bond acceptors (Lipinski definition) is 3. The van der Waals surface area contributed by atoms with Crippen molar-refractivity contribution < 1.29 is 0 Å². The number of likely N-dealkylation sites (N-methyl/N-ethyl adjacent to an activating group) is 3. The number of rotatable bonds is 12. The third-order valence-electron chi connectivity index (χ3n) is 5.28. The van der Waals surface area contributed by atoms with Gasteiger partial charge in [0.25, 0.3) is 0 Å². The molecular weight excluding hydrogens is 402 g/mol. The van der Waals surface area contributed by atoms with E-state index in [4.69, 9.17) is 0 Å². The summed E-state index contributed by atoms with van der Waals surface area (Å²) in [4.78, 5) is 7.68. The average molecular weight is 466 g/mol. The summed E-state index contributed by atoms with van der Waals surface area (Å²) in [6.45, 7) is 40.6. The molecule has 0 N–H and O–H groups in total. The molecule has 0 aliphatic carbocycles. The number of aryl methyl sites for hydroxylation is 2. The summed E-state index contributed by atoms with van der Waals surface area (Å²) in [6.07, 6.45) is 0. The summed E-state index contributed by atoms with van der Waals surface area (Å²) in [6, 6.07) is 6.63. The Morgan fingerprint density at radius 2 is 0.879 bits per heavy atom. The minimum absolute atomic E-state index is 0.500. The summed E-state index contributed by atoms with van der Waals surface area (Å²) in [5.41, 5.74) is 4.84. The molecule has 0 saturated carbocycles. The van der Waals surface area contributed by atoms with Gasteiger partial charge in [-0.3, -0.25) is 4.90 Å². The Kier molecular flexibility index (Phi) is 25.4. The molecule has 0 aliphatic rings. The monoisotopic (exact) mass is 466 g/mol. The maximum Gasteiger partial charge on any atom is 0.0239 e. The lowest BCUT2D eigenvalue weighted by molar-refractivity contribution is 0.185. The van der Waals surface area contributed by atoms with E-state index in [1.807, 2.05) is 27.7 Å². The van der Waals surface area contributed by atoms with Crippen LogP contribution in [0, 0.1) is 19.3 Å². The van der Waals surface area contributed by atoms with Gasteiger partial charge in [-0.25, -0.2) is 0 Å². The highest BCUT2D eigenvalue weighted by Crippen LogP contribution is 2.15. The average Bonchev–Trinajstić information content (AvgIpc) is 2.79. The molecule has 3 heteroatoms. The highest BCUT2D eigenvalue weighted by atomic mass is 15.2. The second-order valence-electron chi connectivity index (χ2n) is 9.70. The Bertz CT molecular complexity index is 504. The molecule has 1 aromatic rings. The van der Waals surface area contributed by atoms with E-state index in [1.54, 1.807) is 0 Å². The second-order valence-corrected chi connectivity index (χ2v) is 9.70. The maximum absolute atomic E-state index is 2.59. The maximum atomic E-state index is 2.59. The van der Waals surface area contributed by atoms with Gasteiger partial charge in [0.2, 0.25) is 0 Å². The van der Waals surface area contributed by atoms with Gasteiger partial charge >= 0.3 is 0 Å². The van der Waals surface area contributed by atoms with Gasteiger partial charge in [0, 0.05) is 32.7 Å². The highest BCUT2D eigenvalue weighted by Gasteiger charge is 2.11. The molecule has 0 atom stereocenters. The Labute approximate surface area is 210 Å². The van der Waals surface area contributed by atoms with Crippen LogP contribution in [0.3, 0.4) is 0 Å². The van der Waals surface area contributed by atoms with Crippen LogP contribution in [-0.2, 0) is 6.54 Å². The van der Waals surface area contributed by atoms with E-state index in [1.165, 1.54) is 29.8 Å². The SMILES string of the molecule is CC.CC.CC(C)(C)C.CCN(CC)CCN(CC)CCN(CC)Cc1c(C)cccc1C. The van der Waals surface area contributed by atoms with Crippen molar-refractivity contribution in [3.63, 3.8) is 0 Å². The van der Waals surface area contributed by atoms with Crippen LogP contribution < -0.4 is 0 Å². The quantitative estimate of drug-likeness (QED) is 0.310. The standard InChI is InChI=1S/C21H39N3.C5H12.2C2H6/c1-7-22(8-2)14-15-23(9-3)16-17-24(10-4)18-21-19(5)12-11-13-20(21)6;1-5(2,3)4;2*1-2/h11-13H,7-10,14-18H2,1-6H3;1-4H3;2*1-2H3. The first kappa shape index (κ1) is 36.7. The van der Waals surface area contributed by atoms with Crippen molar-refractivity contribution >= 4 is 0 Å². The van der Waals surface area contributed by atoms with Gasteiger partial charge in [-0.05, 0) is 62.1 Å². The van der Waals surface area contributed by atoms with Crippen molar-refractivity contribution in [2.75, 3.05) is 52.4 Å². The minimum Gasteiger partial charge on any atom is -0.303 e. The number of benzene rings is 1. The Hall–Kier alpha value is -0.900. The fourth-order valence-corrected chi connectivity index (χ4v) is 3.20. The van der Waals surface area contributed by atoms with E-state index in [-0.39, 0.29) is 0 Å². The Balaban J connectivity index is -0.000000862. The molecular formula is C30H63N3. The third kappa shape index (κ3) is 21.4. The molecule has 0 aromatic heterocycles. The molecule has 0 unspecified atom stereocenters. The van der Waals surface area contributed by atoms with Gasteiger partial charge in [0.15, 0.2) is 0 Å². The molecule has 0 spiro atoms. The summed E-state index contributed by atoms with van der Waals surface area (Å²) < 4.78 is 0. The van der Waals surface area contributed by atoms with Crippen molar-refractivity contribution in [1.82, 2.24) is 14.7 Å². The molecule has 1 rings (SSSR count). The normalized spacial score (nSPS) is 10.8. The molecule has 0 bridgehead atoms. The van der Waals surface area contributed by atoms with Crippen molar-refractivity contribution in [2.24, 2.45) is 5.41 Å². The van der Waals surface area contributed by atoms with Crippen LogP contribution in [-0.4, -0.2) is 67.1 Å². The van der Waals surface area contributed by atoms with Gasteiger partial charge in [-0.15, -0.1) is 0 Å². The van der Waals surface area contributed by atoms with Crippen molar-refractivity contribution in [3.8, 4) is 0 Å². The smallest absolute Gasteiger partial charge is 0.0239 e. The van der Waals surface area contributed by atoms with Crippen LogP contribution in [0.1, 0.15) is 99.8 Å². The molecule has 33 heavy (non-hydrogen) atoms. The largest absolute Gasteiger partial charge is 0.303 e. The van der Waals surface area contributed by atoms with Crippen LogP contribution in [0.2, 0.25) is 0 Å². The van der Waals surface area contributed by atoms with Crippen LogP contribution >= 0.6 is 0 Å². The lowest BCUT2D eigenvalue weighted by atomic mass is 10.0. The van der Waals surface area contributed by atoms with E-state index in [0.717, 1.165) is 45.8 Å². The van der Waals surface area contributed by atoms with Gasteiger partial charge in [-0.2, -0.15) is 0 Å². The summed E-state index contributed by atoms with van der Waals surface area (Å²) in [5.74, 6) is 0. The van der Waals surface area contributed by atoms with Gasteiger partial charge < -0.3 is 9.80 Å². The molecule has 0 aliphatic heterocycles. The first-order valence-electron chi connectivity index (χ1n) is 13.8. The van der Waals surface area contributed by atoms with Crippen molar-refractivity contribution in [2.45, 2.75) is 103 Å². The summed E-state index contributed by atoms with van der Waals surface area (Å²) in [7, 11) is 0. The highest BCUT2D eigenvalue weighted by molar-refractivity contribution is 5.33. The van der Waals surface area contributed by atoms with Crippen molar-refractivity contribution in [1.29, 1.82) is 0 Å². The fraction of sp³-hybridized carbons (Fsp3) is 0.800. The van der Waals surface area contributed by atoms with E-state index >= 15 is 0 Å².